The number of anilines is 1. The third-order valence-electron chi connectivity index (χ3n) is 4.03. The van der Waals surface area contributed by atoms with Gasteiger partial charge in [0.2, 0.25) is 11.9 Å². The largest absolute Gasteiger partial charge is 0.453 e. The lowest BCUT2D eigenvalue weighted by atomic mass is 10.2. The van der Waals surface area contributed by atoms with Gasteiger partial charge in [0.15, 0.2) is 0 Å². The number of carbonyl (C=O) groups is 2. The standard InChI is InChI=1S/C20H21F3N4O6S/c1-3-5-17(28)25-15-9-8-14(11-16(15)26-18(24)27-19(29)32-2)34(30,31)33-13-7-4-6-12(10-13)20(21,22)23/h4,6-11H,3,5H2,1-2H3,(H,25,28)(H3,24,26,27,29). The molecule has 2 amide bonds. The number of nitrogens with one attached hydrogen (secondary N) is 2. The monoisotopic (exact) mass is 502 g/mol. The number of halogens is 3. The molecule has 2 aromatic rings. The molecule has 14 heteroatoms. The minimum absolute atomic E-state index is 0.0612. The van der Waals surface area contributed by atoms with Gasteiger partial charge in [0.25, 0.3) is 0 Å². The summed E-state index contributed by atoms with van der Waals surface area (Å²) in [5.41, 5.74) is 4.41. The van der Waals surface area contributed by atoms with Gasteiger partial charge in [-0.1, -0.05) is 13.0 Å². The number of hydrogen-bond donors (Lipinski definition) is 3. The molecule has 2 aromatic carbocycles. The lowest BCUT2D eigenvalue weighted by Crippen LogP contribution is -2.36. The SMILES string of the molecule is CCCC(=O)Nc1ccc(S(=O)(=O)Oc2cccc(C(F)(F)F)c2)cc1N=C(N)NC(=O)OC. The summed E-state index contributed by atoms with van der Waals surface area (Å²) in [7, 11) is -3.54. The van der Waals surface area contributed by atoms with Gasteiger partial charge in [-0.05, 0) is 42.8 Å². The van der Waals surface area contributed by atoms with E-state index < -0.39 is 50.5 Å². The molecule has 0 aliphatic carbocycles. The maximum absolute atomic E-state index is 12.9. The summed E-state index contributed by atoms with van der Waals surface area (Å²) >= 11 is 0. The average molecular weight is 502 g/mol. The molecule has 0 aromatic heterocycles. The summed E-state index contributed by atoms with van der Waals surface area (Å²) < 4.78 is 73.4. The first kappa shape index (κ1) is 26.4. The zero-order valence-electron chi connectivity index (χ0n) is 18.0. The molecule has 0 aliphatic heterocycles. The Bertz CT molecular complexity index is 1200. The van der Waals surface area contributed by atoms with Crippen LogP contribution in [0.5, 0.6) is 5.75 Å². The molecular formula is C20H21F3N4O6S. The smallest absolute Gasteiger partial charge is 0.416 e. The van der Waals surface area contributed by atoms with Crippen LogP contribution in [0.1, 0.15) is 25.3 Å². The van der Waals surface area contributed by atoms with Gasteiger partial charge in [0.05, 0.1) is 24.0 Å². The Labute approximate surface area is 193 Å². The highest BCUT2D eigenvalue weighted by atomic mass is 32.2. The van der Waals surface area contributed by atoms with Gasteiger partial charge in [0, 0.05) is 6.42 Å². The second-order valence-corrected chi connectivity index (χ2v) is 8.20. The van der Waals surface area contributed by atoms with Crippen molar-refractivity contribution < 1.29 is 40.1 Å². The van der Waals surface area contributed by atoms with E-state index in [0.29, 0.717) is 12.5 Å². The summed E-state index contributed by atoms with van der Waals surface area (Å²) in [5, 5.41) is 4.60. The molecule has 0 radical (unpaired) electrons. The van der Waals surface area contributed by atoms with E-state index in [1.54, 1.807) is 6.92 Å². The molecule has 0 bridgehead atoms. The van der Waals surface area contributed by atoms with Crippen molar-refractivity contribution in [1.82, 2.24) is 5.32 Å². The van der Waals surface area contributed by atoms with E-state index in [1.807, 2.05) is 0 Å². The van der Waals surface area contributed by atoms with Crippen molar-refractivity contribution in [1.29, 1.82) is 0 Å². The number of nitrogens with zero attached hydrogens (tertiary/aromatic N) is 1. The van der Waals surface area contributed by atoms with Crippen LogP contribution in [0.15, 0.2) is 52.4 Å². The first-order chi connectivity index (χ1) is 15.9. The maximum atomic E-state index is 12.9. The fourth-order valence-corrected chi connectivity index (χ4v) is 3.46. The predicted molar refractivity (Wildman–Crippen MR) is 116 cm³/mol. The molecule has 0 atom stereocenters. The number of amides is 2. The van der Waals surface area contributed by atoms with Crippen LogP contribution in [-0.2, 0) is 25.8 Å². The molecule has 184 valence electrons. The number of aliphatic imine (C=N–C) groups is 1. The van der Waals surface area contributed by atoms with Gasteiger partial charge in [-0.15, -0.1) is 0 Å². The molecule has 0 aliphatic rings. The quantitative estimate of drug-likeness (QED) is 0.298. The van der Waals surface area contributed by atoms with Gasteiger partial charge in [-0.3, -0.25) is 10.1 Å². The molecule has 0 saturated carbocycles. The maximum Gasteiger partial charge on any atom is 0.416 e. The number of guanidine groups is 1. The molecule has 0 heterocycles. The van der Waals surface area contributed by atoms with Crippen molar-refractivity contribution in [2.45, 2.75) is 30.8 Å². The topological polar surface area (TPSA) is 149 Å². The van der Waals surface area contributed by atoms with Crippen LogP contribution in [0, 0.1) is 0 Å². The number of hydrogen-bond acceptors (Lipinski definition) is 7. The fourth-order valence-electron chi connectivity index (χ4n) is 2.52. The van der Waals surface area contributed by atoms with Crippen molar-refractivity contribution in [2.24, 2.45) is 10.7 Å². The Morgan fingerprint density at radius 1 is 1.15 bits per heavy atom. The molecule has 0 unspecified atom stereocenters. The van der Waals surface area contributed by atoms with E-state index in [1.165, 1.54) is 6.07 Å². The zero-order valence-corrected chi connectivity index (χ0v) is 18.8. The highest BCUT2D eigenvalue weighted by molar-refractivity contribution is 7.87. The van der Waals surface area contributed by atoms with E-state index in [-0.39, 0.29) is 17.8 Å². The Morgan fingerprint density at radius 2 is 1.85 bits per heavy atom. The van der Waals surface area contributed by atoms with Crippen LogP contribution < -0.4 is 20.6 Å². The summed E-state index contributed by atoms with van der Waals surface area (Å²) in [6.07, 6.45) is -4.95. The molecular weight excluding hydrogens is 481 g/mol. The van der Waals surface area contributed by atoms with Gasteiger partial charge >= 0.3 is 22.4 Å². The lowest BCUT2D eigenvalue weighted by molar-refractivity contribution is -0.137. The number of alkyl carbamates (subject to hydrolysis) is 1. The van der Waals surface area contributed by atoms with Crippen molar-refractivity contribution in [3.63, 3.8) is 0 Å². The summed E-state index contributed by atoms with van der Waals surface area (Å²) in [5.74, 6) is -1.44. The number of ether oxygens (including phenoxy) is 1. The highest BCUT2D eigenvalue weighted by Gasteiger charge is 2.31. The Kier molecular flexibility index (Phi) is 8.46. The van der Waals surface area contributed by atoms with Crippen molar-refractivity contribution in [3.8, 4) is 5.75 Å². The predicted octanol–water partition coefficient (Wildman–Crippen LogP) is 3.51. The number of methoxy groups -OCH3 is 1. The van der Waals surface area contributed by atoms with Gasteiger partial charge in [-0.25, -0.2) is 9.79 Å². The first-order valence-electron chi connectivity index (χ1n) is 9.60. The zero-order chi connectivity index (χ0) is 25.5. The number of carbonyl (C=O) groups excluding carboxylic acids is 2. The van der Waals surface area contributed by atoms with Gasteiger partial charge < -0.3 is 20.0 Å². The normalized spacial score (nSPS) is 12.1. The molecule has 10 nitrogen and oxygen atoms in total. The van der Waals surface area contributed by atoms with Gasteiger partial charge in [-0.2, -0.15) is 21.6 Å². The molecule has 0 saturated heterocycles. The second-order valence-electron chi connectivity index (χ2n) is 6.65. The average Bonchev–Trinajstić information content (AvgIpc) is 2.74. The summed E-state index contributed by atoms with van der Waals surface area (Å²) in [6, 6.07) is 6.56. The lowest BCUT2D eigenvalue weighted by Gasteiger charge is -2.13. The first-order valence-corrected chi connectivity index (χ1v) is 11.0. The van der Waals surface area contributed by atoms with Crippen molar-refractivity contribution in [2.75, 3.05) is 12.4 Å². The van der Waals surface area contributed by atoms with E-state index in [0.717, 1.165) is 37.4 Å². The Balaban J connectivity index is 2.45. The van der Waals surface area contributed by atoms with Crippen LogP contribution in [0.25, 0.3) is 0 Å². The molecule has 0 spiro atoms. The molecule has 4 N–H and O–H groups in total. The summed E-state index contributed by atoms with van der Waals surface area (Å²) in [4.78, 5) is 26.7. The van der Waals surface area contributed by atoms with Crippen molar-refractivity contribution in [3.05, 3.63) is 48.0 Å². The van der Waals surface area contributed by atoms with E-state index in [4.69, 9.17) is 9.92 Å². The van der Waals surface area contributed by atoms with Crippen LogP contribution in [0.3, 0.4) is 0 Å². The number of rotatable bonds is 7. The minimum atomic E-state index is -4.70. The summed E-state index contributed by atoms with van der Waals surface area (Å²) in [6.45, 7) is 1.78. The highest BCUT2D eigenvalue weighted by Crippen LogP contribution is 2.33. The molecule has 34 heavy (non-hydrogen) atoms. The second kappa shape index (κ2) is 10.9. The number of benzene rings is 2. The van der Waals surface area contributed by atoms with Crippen LogP contribution >= 0.6 is 0 Å². The van der Waals surface area contributed by atoms with E-state index in [2.05, 4.69) is 20.4 Å². The third-order valence-corrected chi connectivity index (χ3v) is 5.28. The molecule has 2 rings (SSSR count). The van der Waals surface area contributed by atoms with Crippen LogP contribution in [0.2, 0.25) is 0 Å². The van der Waals surface area contributed by atoms with E-state index in [9.17, 15) is 31.2 Å². The third kappa shape index (κ3) is 7.37. The fraction of sp³-hybridized carbons (Fsp3) is 0.250. The minimum Gasteiger partial charge on any atom is -0.453 e. The van der Waals surface area contributed by atoms with E-state index >= 15 is 0 Å². The Hall–Kier alpha value is -3.81. The van der Waals surface area contributed by atoms with Crippen LogP contribution in [0.4, 0.5) is 29.3 Å². The van der Waals surface area contributed by atoms with Crippen molar-refractivity contribution >= 4 is 39.5 Å². The van der Waals surface area contributed by atoms with Crippen LogP contribution in [-0.4, -0.2) is 33.5 Å². The number of alkyl halides is 3. The van der Waals surface area contributed by atoms with Gasteiger partial charge in [0.1, 0.15) is 10.6 Å². The number of nitrogens with two attached hydrogens (primary N) is 1. The molecule has 0 fully saturated rings. The Morgan fingerprint density at radius 3 is 2.47 bits per heavy atom.